The van der Waals surface area contributed by atoms with Gasteiger partial charge >= 0.3 is 0 Å². The Balaban J connectivity index is 1.58. The molecule has 0 amide bonds. The molecule has 1 aromatic heterocycles. The van der Waals surface area contributed by atoms with Crippen molar-refractivity contribution in [3.05, 3.63) is 71.4 Å². The average Bonchev–Trinajstić information content (AvgIpc) is 3.15. The number of nitriles is 1. The Bertz CT molecular complexity index is 912. The Morgan fingerprint density at radius 3 is 2.81 bits per heavy atom. The Labute approximate surface area is 152 Å². The fourth-order valence-corrected chi connectivity index (χ4v) is 2.35. The molecule has 0 aliphatic heterocycles. The van der Waals surface area contributed by atoms with Crippen LogP contribution in [-0.4, -0.2) is 10.1 Å². The number of rotatable bonds is 7. The van der Waals surface area contributed by atoms with Gasteiger partial charge in [0.1, 0.15) is 12.4 Å². The number of nitrogens with one attached hydrogen (secondary N) is 1. The van der Waals surface area contributed by atoms with Gasteiger partial charge in [-0.3, -0.25) is 0 Å². The van der Waals surface area contributed by atoms with Crippen LogP contribution in [0.2, 0.25) is 0 Å². The maximum absolute atomic E-state index is 8.95. The van der Waals surface area contributed by atoms with Crippen molar-refractivity contribution in [1.29, 1.82) is 5.26 Å². The average molecular weight is 348 g/mol. The van der Waals surface area contributed by atoms with Crippen LogP contribution in [0.1, 0.15) is 42.6 Å². The molecule has 0 aliphatic rings. The van der Waals surface area contributed by atoms with Crippen LogP contribution in [0.25, 0.3) is 0 Å². The minimum absolute atomic E-state index is 0.215. The molecule has 132 valence electrons. The maximum Gasteiger partial charge on any atom is 0.229 e. The first kappa shape index (κ1) is 17.5. The molecule has 6 nitrogen and oxygen atoms in total. The molecular formula is C20H20N4O2. The second kappa shape index (κ2) is 8.17. The summed E-state index contributed by atoms with van der Waals surface area (Å²) in [4.78, 5) is 4.34. The summed E-state index contributed by atoms with van der Waals surface area (Å²) in [6.45, 7) is 4.90. The summed E-state index contributed by atoms with van der Waals surface area (Å²) >= 11 is 0. The van der Waals surface area contributed by atoms with Crippen LogP contribution in [0.5, 0.6) is 5.75 Å². The van der Waals surface area contributed by atoms with E-state index < -0.39 is 0 Å². The monoisotopic (exact) mass is 348 g/mol. The number of nitrogens with zero attached hydrogens (tertiary/aromatic N) is 3. The minimum atomic E-state index is 0.215. The van der Waals surface area contributed by atoms with Crippen LogP contribution in [0.4, 0.5) is 5.69 Å². The molecule has 0 bridgehead atoms. The summed E-state index contributed by atoms with van der Waals surface area (Å²) in [5.41, 5.74) is 2.49. The SMILES string of the molecule is CC(C)c1nc(CNc2cccc(OCc3cccc(C#N)c3)c2)no1. The summed E-state index contributed by atoms with van der Waals surface area (Å²) in [5, 5.41) is 16.2. The van der Waals surface area contributed by atoms with Crippen molar-refractivity contribution in [1.82, 2.24) is 10.1 Å². The van der Waals surface area contributed by atoms with E-state index in [4.69, 9.17) is 14.5 Å². The predicted octanol–water partition coefficient (Wildman–Crippen LogP) is 4.26. The summed E-state index contributed by atoms with van der Waals surface area (Å²) < 4.78 is 11.0. The van der Waals surface area contributed by atoms with Crippen LogP contribution < -0.4 is 10.1 Å². The lowest BCUT2D eigenvalue weighted by Gasteiger charge is -2.09. The molecule has 26 heavy (non-hydrogen) atoms. The Hall–Kier alpha value is -3.33. The third-order valence-corrected chi connectivity index (χ3v) is 3.72. The molecule has 0 spiro atoms. The van der Waals surface area contributed by atoms with E-state index in [-0.39, 0.29) is 5.92 Å². The van der Waals surface area contributed by atoms with Gasteiger partial charge in [0, 0.05) is 17.7 Å². The van der Waals surface area contributed by atoms with E-state index in [0.717, 1.165) is 17.0 Å². The molecular weight excluding hydrogens is 328 g/mol. The van der Waals surface area contributed by atoms with Crippen molar-refractivity contribution in [3.8, 4) is 11.8 Å². The first-order valence-electron chi connectivity index (χ1n) is 8.42. The van der Waals surface area contributed by atoms with Gasteiger partial charge < -0.3 is 14.6 Å². The topological polar surface area (TPSA) is 84.0 Å². The zero-order chi connectivity index (χ0) is 18.4. The fourth-order valence-electron chi connectivity index (χ4n) is 2.35. The van der Waals surface area contributed by atoms with Crippen molar-refractivity contribution in [2.24, 2.45) is 0 Å². The molecule has 0 atom stereocenters. The van der Waals surface area contributed by atoms with Crippen LogP contribution >= 0.6 is 0 Å². The van der Waals surface area contributed by atoms with Crippen molar-refractivity contribution >= 4 is 5.69 Å². The zero-order valence-corrected chi connectivity index (χ0v) is 14.8. The van der Waals surface area contributed by atoms with Crippen molar-refractivity contribution in [2.75, 3.05) is 5.32 Å². The predicted molar refractivity (Wildman–Crippen MR) is 97.6 cm³/mol. The van der Waals surface area contributed by atoms with Crippen LogP contribution in [0.3, 0.4) is 0 Å². The van der Waals surface area contributed by atoms with Gasteiger partial charge in [-0.1, -0.05) is 37.2 Å². The number of benzene rings is 2. The fraction of sp³-hybridized carbons (Fsp3) is 0.250. The van der Waals surface area contributed by atoms with Crippen LogP contribution in [-0.2, 0) is 13.2 Å². The number of hydrogen-bond acceptors (Lipinski definition) is 6. The highest BCUT2D eigenvalue weighted by molar-refractivity contribution is 5.48. The molecule has 0 saturated carbocycles. The highest BCUT2D eigenvalue weighted by atomic mass is 16.5. The molecule has 6 heteroatoms. The van der Waals surface area contributed by atoms with Gasteiger partial charge in [-0.25, -0.2) is 0 Å². The smallest absolute Gasteiger partial charge is 0.229 e. The summed E-state index contributed by atoms with van der Waals surface area (Å²) in [6, 6.07) is 17.2. The van der Waals surface area contributed by atoms with E-state index in [1.807, 2.05) is 56.3 Å². The summed E-state index contributed by atoms with van der Waals surface area (Å²) in [6.07, 6.45) is 0. The first-order chi connectivity index (χ1) is 12.6. The van der Waals surface area contributed by atoms with Gasteiger partial charge in [-0.05, 0) is 29.8 Å². The number of anilines is 1. The van der Waals surface area contributed by atoms with Crippen molar-refractivity contribution < 1.29 is 9.26 Å². The van der Waals surface area contributed by atoms with Gasteiger partial charge in [-0.2, -0.15) is 10.2 Å². The first-order valence-corrected chi connectivity index (χ1v) is 8.42. The lowest BCUT2D eigenvalue weighted by Crippen LogP contribution is -2.02. The molecule has 3 rings (SSSR count). The molecule has 1 heterocycles. The van der Waals surface area contributed by atoms with E-state index in [2.05, 4.69) is 21.5 Å². The van der Waals surface area contributed by atoms with Crippen molar-refractivity contribution in [3.63, 3.8) is 0 Å². The Kier molecular flexibility index (Phi) is 5.49. The van der Waals surface area contributed by atoms with Gasteiger partial charge in [0.15, 0.2) is 5.82 Å². The molecule has 0 unspecified atom stereocenters. The molecule has 2 aromatic carbocycles. The van der Waals surface area contributed by atoms with Crippen LogP contribution in [0.15, 0.2) is 53.1 Å². The third kappa shape index (κ3) is 4.61. The quantitative estimate of drug-likeness (QED) is 0.687. The molecule has 1 N–H and O–H groups in total. The van der Waals surface area contributed by atoms with E-state index in [1.165, 1.54) is 0 Å². The van der Waals surface area contributed by atoms with E-state index in [0.29, 0.717) is 30.4 Å². The third-order valence-electron chi connectivity index (χ3n) is 3.72. The Morgan fingerprint density at radius 1 is 1.19 bits per heavy atom. The lowest BCUT2D eigenvalue weighted by atomic mass is 10.1. The molecule has 0 fully saturated rings. The summed E-state index contributed by atoms with van der Waals surface area (Å²) in [5.74, 6) is 2.22. The standard InChI is InChI=1S/C20H20N4O2/c1-14(2)20-23-19(24-26-20)12-22-17-7-4-8-18(10-17)25-13-16-6-3-5-15(9-16)11-21/h3-10,14,22H,12-13H2,1-2H3. The molecule has 3 aromatic rings. The minimum Gasteiger partial charge on any atom is -0.489 e. The highest BCUT2D eigenvalue weighted by Crippen LogP contribution is 2.19. The number of hydrogen-bond donors (Lipinski definition) is 1. The second-order valence-electron chi connectivity index (χ2n) is 6.19. The van der Waals surface area contributed by atoms with E-state index in [1.54, 1.807) is 6.07 Å². The largest absolute Gasteiger partial charge is 0.489 e. The molecule has 0 radical (unpaired) electrons. The molecule has 0 aliphatic carbocycles. The Morgan fingerprint density at radius 2 is 2.04 bits per heavy atom. The number of aromatic nitrogens is 2. The molecule has 0 saturated heterocycles. The maximum atomic E-state index is 8.95. The van der Waals surface area contributed by atoms with Gasteiger partial charge in [0.05, 0.1) is 18.2 Å². The normalized spacial score (nSPS) is 10.5. The van der Waals surface area contributed by atoms with E-state index in [9.17, 15) is 0 Å². The second-order valence-corrected chi connectivity index (χ2v) is 6.19. The van der Waals surface area contributed by atoms with Gasteiger partial charge in [0.25, 0.3) is 0 Å². The zero-order valence-electron chi connectivity index (χ0n) is 14.8. The lowest BCUT2D eigenvalue weighted by molar-refractivity contribution is 0.306. The summed E-state index contributed by atoms with van der Waals surface area (Å²) in [7, 11) is 0. The number of ether oxygens (including phenoxy) is 1. The van der Waals surface area contributed by atoms with Crippen LogP contribution in [0, 0.1) is 11.3 Å². The highest BCUT2D eigenvalue weighted by Gasteiger charge is 2.09. The van der Waals surface area contributed by atoms with Gasteiger partial charge in [0.2, 0.25) is 5.89 Å². The van der Waals surface area contributed by atoms with Gasteiger partial charge in [-0.15, -0.1) is 0 Å². The van der Waals surface area contributed by atoms with Crippen molar-refractivity contribution in [2.45, 2.75) is 32.9 Å². The van der Waals surface area contributed by atoms with E-state index >= 15 is 0 Å².